The molecular formula is C25H28N4S. The Morgan fingerprint density at radius 2 is 2.13 bits per heavy atom. The Bertz CT molecular complexity index is 1140. The number of nitrogens with zero attached hydrogens (tertiary/aromatic N) is 4. The van der Waals surface area contributed by atoms with Gasteiger partial charge in [0.15, 0.2) is 0 Å². The summed E-state index contributed by atoms with van der Waals surface area (Å²) in [6.45, 7) is 11.1. The van der Waals surface area contributed by atoms with Crippen LogP contribution in [0.4, 0.5) is 5.00 Å². The normalized spacial score (nSPS) is 16.6. The van der Waals surface area contributed by atoms with Crippen LogP contribution < -0.4 is 0 Å². The van der Waals surface area contributed by atoms with Crippen LogP contribution in [-0.4, -0.2) is 15.8 Å². The summed E-state index contributed by atoms with van der Waals surface area (Å²) in [6, 6.07) is 8.58. The van der Waals surface area contributed by atoms with Crippen LogP contribution in [-0.2, 0) is 12.8 Å². The number of pyridine rings is 1. The fourth-order valence-corrected chi connectivity index (χ4v) is 5.67. The average molecular weight is 417 g/mol. The first-order valence-corrected chi connectivity index (χ1v) is 11.3. The van der Waals surface area contributed by atoms with Gasteiger partial charge in [0.25, 0.3) is 0 Å². The molecule has 0 aliphatic heterocycles. The van der Waals surface area contributed by atoms with Crippen LogP contribution in [0.25, 0.3) is 5.69 Å². The lowest BCUT2D eigenvalue weighted by Crippen LogP contribution is -2.26. The fourth-order valence-electron chi connectivity index (χ4n) is 4.45. The highest BCUT2D eigenvalue weighted by atomic mass is 32.1. The van der Waals surface area contributed by atoms with Crippen LogP contribution in [0.1, 0.15) is 60.1 Å². The minimum atomic E-state index is 0.293. The number of fused-ring (bicyclic) bond motifs is 1. The molecule has 1 aliphatic rings. The third-order valence-electron chi connectivity index (χ3n) is 6.28. The van der Waals surface area contributed by atoms with E-state index in [0.29, 0.717) is 11.3 Å². The SMILES string of the molecule is Cc1cc(C=Nc2sc3c(c2C#N)CC[C@@H](C(C)(C)C)C3)c(C)n1-c1cccnc1. The third kappa shape index (κ3) is 3.73. The van der Waals surface area contributed by atoms with Gasteiger partial charge in [-0.15, -0.1) is 11.3 Å². The van der Waals surface area contributed by atoms with Crippen LogP contribution in [0.2, 0.25) is 0 Å². The monoisotopic (exact) mass is 416 g/mol. The minimum absolute atomic E-state index is 0.293. The topological polar surface area (TPSA) is 54.0 Å². The van der Waals surface area contributed by atoms with Crippen molar-refractivity contribution in [3.8, 4) is 11.8 Å². The van der Waals surface area contributed by atoms with Crippen molar-refractivity contribution in [3.05, 3.63) is 63.5 Å². The Kier molecular flexibility index (Phi) is 5.38. The van der Waals surface area contributed by atoms with Crippen LogP contribution in [0, 0.1) is 36.5 Å². The van der Waals surface area contributed by atoms with Gasteiger partial charge >= 0.3 is 0 Å². The van der Waals surface area contributed by atoms with E-state index in [9.17, 15) is 5.26 Å². The molecule has 1 atom stereocenters. The second-order valence-electron chi connectivity index (χ2n) is 9.23. The van der Waals surface area contributed by atoms with E-state index >= 15 is 0 Å². The third-order valence-corrected chi connectivity index (χ3v) is 7.44. The summed E-state index contributed by atoms with van der Waals surface area (Å²) in [4.78, 5) is 10.4. The standard InChI is InChI=1S/C25H28N4S/c1-16-11-18(17(2)29(16)20-7-6-10-27-15-20)14-28-24-22(13-26)21-9-8-19(25(3,4)5)12-23(21)30-24/h6-7,10-11,14-15,19H,8-9,12H2,1-5H3/t19-/m1/s1. The van der Waals surface area contributed by atoms with E-state index in [0.717, 1.165) is 52.5 Å². The number of hydrogen-bond acceptors (Lipinski definition) is 4. The second kappa shape index (κ2) is 7.85. The van der Waals surface area contributed by atoms with Crippen molar-refractivity contribution in [2.75, 3.05) is 0 Å². The smallest absolute Gasteiger partial charge is 0.134 e. The lowest BCUT2D eigenvalue weighted by atomic mass is 9.72. The first-order chi connectivity index (χ1) is 14.3. The van der Waals surface area contributed by atoms with Crippen molar-refractivity contribution in [3.63, 3.8) is 0 Å². The number of aryl methyl sites for hydroxylation is 1. The molecule has 0 aromatic carbocycles. The van der Waals surface area contributed by atoms with E-state index in [1.54, 1.807) is 17.5 Å². The first-order valence-electron chi connectivity index (χ1n) is 10.5. The number of aliphatic imine (C=N–C) groups is 1. The zero-order chi connectivity index (χ0) is 21.5. The lowest BCUT2D eigenvalue weighted by molar-refractivity contribution is 0.218. The Hall–Kier alpha value is -2.71. The van der Waals surface area contributed by atoms with Gasteiger partial charge in [0.05, 0.1) is 17.4 Å². The summed E-state index contributed by atoms with van der Waals surface area (Å²) in [6.07, 6.45) is 8.76. The molecular weight excluding hydrogens is 388 g/mol. The van der Waals surface area contributed by atoms with Crippen LogP contribution in [0.3, 0.4) is 0 Å². The Labute approximate surface area is 182 Å². The van der Waals surface area contributed by atoms with E-state index in [1.807, 2.05) is 18.5 Å². The largest absolute Gasteiger partial charge is 0.316 e. The number of rotatable bonds is 3. The summed E-state index contributed by atoms with van der Waals surface area (Å²) in [5.41, 5.74) is 6.68. The van der Waals surface area contributed by atoms with Crippen molar-refractivity contribution >= 4 is 22.6 Å². The van der Waals surface area contributed by atoms with Crippen molar-refractivity contribution in [1.82, 2.24) is 9.55 Å². The molecule has 0 amide bonds. The van der Waals surface area contributed by atoms with Crippen molar-refractivity contribution in [2.24, 2.45) is 16.3 Å². The molecule has 1 aliphatic carbocycles. The summed E-state index contributed by atoms with van der Waals surface area (Å²) in [5.74, 6) is 0.658. The van der Waals surface area contributed by atoms with Crippen LogP contribution >= 0.6 is 11.3 Å². The van der Waals surface area contributed by atoms with E-state index in [-0.39, 0.29) is 0 Å². The molecule has 0 N–H and O–H groups in total. The van der Waals surface area contributed by atoms with Crippen molar-refractivity contribution < 1.29 is 0 Å². The van der Waals surface area contributed by atoms with E-state index in [2.05, 4.69) is 62.4 Å². The number of thiophene rings is 1. The highest BCUT2D eigenvalue weighted by Crippen LogP contribution is 2.44. The molecule has 0 bridgehead atoms. The lowest BCUT2D eigenvalue weighted by Gasteiger charge is -2.33. The number of hydrogen-bond donors (Lipinski definition) is 0. The highest BCUT2D eigenvalue weighted by Gasteiger charge is 2.32. The first kappa shape index (κ1) is 20.6. The molecule has 0 saturated carbocycles. The summed E-state index contributed by atoms with van der Waals surface area (Å²) in [5, 5.41) is 10.7. The molecule has 4 nitrogen and oxygen atoms in total. The van der Waals surface area contributed by atoms with E-state index in [1.165, 1.54) is 10.4 Å². The predicted molar refractivity (Wildman–Crippen MR) is 124 cm³/mol. The number of aromatic nitrogens is 2. The highest BCUT2D eigenvalue weighted by molar-refractivity contribution is 7.16. The van der Waals surface area contributed by atoms with Gasteiger partial charge in [0.1, 0.15) is 11.1 Å². The molecule has 0 spiro atoms. The Morgan fingerprint density at radius 3 is 2.80 bits per heavy atom. The quantitative estimate of drug-likeness (QED) is 0.469. The summed E-state index contributed by atoms with van der Waals surface area (Å²) < 4.78 is 2.19. The average Bonchev–Trinajstić information content (AvgIpc) is 3.21. The molecule has 3 aromatic heterocycles. The zero-order valence-electron chi connectivity index (χ0n) is 18.4. The van der Waals surface area contributed by atoms with Gasteiger partial charge in [0, 0.05) is 34.2 Å². The van der Waals surface area contributed by atoms with E-state index in [4.69, 9.17) is 4.99 Å². The second-order valence-corrected chi connectivity index (χ2v) is 10.3. The summed E-state index contributed by atoms with van der Waals surface area (Å²) in [7, 11) is 0. The number of nitriles is 1. The zero-order valence-corrected chi connectivity index (χ0v) is 19.2. The van der Waals surface area contributed by atoms with Gasteiger partial charge in [-0.3, -0.25) is 4.98 Å². The molecule has 5 heteroatoms. The van der Waals surface area contributed by atoms with Gasteiger partial charge in [0.2, 0.25) is 0 Å². The fraction of sp³-hybridized carbons (Fsp3) is 0.400. The summed E-state index contributed by atoms with van der Waals surface area (Å²) >= 11 is 1.70. The van der Waals surface area contributed by atoms with Gasteiger partial charge in [-0.1, -0.05) is 20.8 Å². The van der Waals surface area contributed by atoms with Crippen molar-refractivity contribution in [2.45, 2.75) is 53.9 Å². The van der Waals surface area contributed by atoms with E-state index < -0.39 is 0 Å². The van der Waals surface area contributed by atoms with Gasteiger partial charge < -0.3 is 4.57 Å². The maximum atomic E-state index is 9.81. The molecule has 0 saturated heterocycles. The van der Waals surface area contributed by atoms with Gasteiger partial charge in [-0.05, 0) is 68.2 Å². The molecule has 3 heterocycles. The molecule has 30 heavy (non-hydrogen) atoms. The maximum absolute atomic E-state index is 9.81. The molecule has 0 unspecified atom stereocenters. The maximum Gasteiger partial charge on any atom is 0.134 e. The molecule has 154 valence electrons. The molecule has 0 fully saturated rings. The van der Waals surface area contributed by atoms with Gasteiger partial charge in [-0.25, -0.2) is 4.99 Å². The van der Waals surface area contributed by atoms with Crippen LogP contribution in [0.5, 0.6) is 0 Å². The predicted octanol–water partition coefficient (Wildman–Crippen LogP) is 6.32. The Balaban J connectivity index is 1.66. The molecule has 0 radical (unpaired) electrons. The van der Waals surface area contributed by atoms with Crippen molar-refractivity contribution in [1.29, 1.82) is 5.26 Å². The Morgan fingerprint density at radius 1 is 1.33 bits per heavy atom. The van der Waals surface area contributed by atoms with Gasteiger partial charge in [-0.2, -0.15) is 5.26 Å². The molecule has 3 aromatic rings. The van der Waals surface area contributed by atoms with Crippen LogP contribution in [0.15, 0.2) is 35.6 Å². The molecule has 4 rings (SSSR count). The minimum Gasteiger partial charge on any atom is -0.316 e.